The number of rotatable bonds is 10. The molecule has 0 unspecified atom stereocenters. The summed E-state index contributed by atoms with van der Waals surface area (Å²) in [5.41, 5.74) is 1.75. The van der Waals surface area contributed by atoms with E-state index in [4.69, 9.17) is 47.4 Å². The van der Waals surface area contributed by atoms with Crippen LogP contribution in [-0.2, 0) is 9.53 Å². The molecule has 12 heteroatoms. The van der Waals surface area contributed by atoms with Gasteiger partial charge in [-0.1, -0.05) is 29.8 Å². The second-order valence-electron chi connectivity index (χ2n) is 10.2. The third-order valence-electron chi connectivity index (χ3n) is 7.47. The standard InChI is InChI=1S/C28H32Cl2N6O4/c1-6-18(37)7-16-13-40-14-20(16)33-28-31-10-15-8-19(23-24(29)21(38-4)9-22(39-5)25(23)30)32-27(26(15)34-28)36-11-17(12-36)35(2)3/h6,8-10,16-17,20H,1,7,11-14H2,2-5H3,(H,31,33,34)/t16-,20+/m0/s1. The fraction of sp³-hybridized carbons (Fsp3) is 0.429. The van der Waals surface area contributed by atoms with Gasteiger partial charge in [0.2, 0.25) is 5.95 Å². The summed E-state index contributed by atoms with van der Waals surface area (Å²) in [6, 6.07) is 3.81. The van der Waals surface area contributed by atoms with Crippen LogP contribution in [0, 0.1) is 5.92 Å². The average Bonchev–Trinajstić information content (AvgIpc) is 3.34. The van der Waals surface area contributed by atoms with E-state index in [1.165, 1.54) is 20.3 Å². The maximum Gasteiger partial charge on any atom is 0.223 e. The molecule has 0 saturated carbocycles. The number of carbonyl (C=O) groups excluding carboxylic acids is 1. The summed E-state index contributed by atoms with van der Waals surface area (Å²) in [6.07, 6.45) is 3.46. The number of fused-ring (bicyclic) bond motifs is 1. The summed E-state index contributed by atoms with van der Waals surface area (Å²) in [7, 11) is 7.20. The van der Waals surface area contributed by atoms with Crippen molar-refractivity contribution in [1.82, 2.24) is 19.9 Å². The minimum absolute atomic E-state index is 0.00771. The highest BCUT2D eigenvalue weighted by atomic mass is 35.5. The summed E-state index contributed by atoms with van der Waals surface area (Å²) >= 11 is 13.5. The van der Waals surface area contributed by atoms with Gasteiger partial charge in [-0.2, -0.15) is 0 Å². The van der Waals surface area contributed by atoms with Crippen LogP contribution < -0.4 is 19.7 Å². The van der Waals surface area contributed by atoms with Crippen LogP contribution in [0.15, 0.2) is 31.0 Å². The molecule has 2 atom stereocenters. The highest BCUT2D eigenvalue weighted by molar-refractivity contribution is 6.41. The van der Waals surface area contributed by atoms with Crippen LogP contribution in [0.1, 0.15) is 6.42 Å². The summed E-state index contributed by atoms with van der Waals surface area (Å²) in [6.45, 7) is 6.11. The van der Waals surface area contributed by atoms with Gasteiger partial charge in [-0.25, -0.2) is 15.0 Å². The van der Waals surface area contributed by atoms with Crippen molar-refractivity contribution in [2.75, 3.05) is 64.8 Å². The predicted molar refractivity (Wildman–Crippen MR) is 157 cm³/mol. The summed E-state index contributed by atoms with van der Waals surface area (Å²) in [5.74, 6) is 1.99. The fourth-order valence-electron chi connectivity index (χ4n) is 4.97. The fourth-order valence-corrected chi connectivity index (χ4v) is 5.67. The van der Waals surface area contributed by atoms with Gasteiger partial charge in [-0.3, -0.25) is 4.79 Å². The molecular formula is C28H32Cl2N6O4. The van der Waals surface area contributed by atoms with E-state index in [9.17, 15) is 4.79 Å². The maximum absolute atomic E-state index is 12.0. The topological polar surface area (TPSA) is 102 Å². The molecule has 2 aliphatic rings. The lowest BCUT2D eigenvalue weighted by atomic mass is 9.97. The van der Waals surface area contributed by atoms with Crippen LogP contribution in [-0.4, -0.2) is 92.3 Å². The van der Waals surface area contributed by atoms with Crippen molar-refractivity contribution in [2.45, 2.75) is 18.5 Å². The molecule has 2 saturated heterocycles. The number of hydrogen-bond acceptors (Lipinski definition) is 10. The van der Waals surface area contributed by atoms with E-state index in [0.717, 1.165) is 18.5 Å². The van der Waals surface area contributed by atoms with Crippen molar-refractivity contribution in [2.24, 2.45) is 5.92 Å². The highest BCUT2D eigenvalue weighted by Gasteiger charge is 2.33. The molecule has 1 aromatic carbocycles. The number of ether oxygens (including phenoxy) is 3. The van der Waals surface area contributed by atoms with Crippen molar-refractivity contribution >= 4 is 51.7 Å². The number of hydrogen-bond donors (Lipinski definition) is 1. The van der Waals surface area contributed by atoms with Crippen LogP contribution in [0.4, 0.5) is 11.8 Å². The van der Waals surface area contributed by atoms with Crippen molar-refractivity contribution < 1.29 is 19.0 Å². The van der Waals surface area contributed by atoms with Crippen LogP contribution in [0.5, 0.6) is 11.5 Å². The Balaban J connectivity index is 1.57. The van der Waals surface area contributed by atoms with Crippen molar-refractivity contribution in [3.8, 4) is 22.8 Å². The van der Waals surface area contributed by atoms with Crippen molar-refractivity contribution in [3.63, 3.8) is 0 Å². The summed E-state index contributed by atoms with van der Waals surface area (Å²) in [5, 5.41) is 4.81. The van der Waals surface area contributed by atoms with Gasteiger partial charge in [0.15, 0.2) is 11.6 Å². The second-order valence-corrected chi connectivity index (χ2v) is 10.9. The number of methoxy groups -OCH3 is 2. The molecule has 1 N–H and O–H groups in total. The maximum atomic E-state index is 12.0. The molecule has 0 radical (unpaired) electrons. The van der Waals surface area contributed by atoms with Gasteiger partial charge >= 0.3 is 0 Å². The minimum atomic E-state index is -0.0963. The first-order valence-corrected chi connectivity index (χ1v) is 13.7. The molecule has 10 nitrogen and oxygen atoms in total. The largest absolute Gasteiger partial charge is 0.495 e. The van der Waals surface area contributed by atoms with Crippen molar-refractivity contribution in [3.05, 3.63) is 41.0 Å². The zero-order chi connectivity index (χ0) is 28.6. The van der Waals surface area contributed by atoms with Gasteiger partial charge in [0.25, 0.3) is 0 Å². The lowest BCUT2D eigenvalue weighted by Gasteiger charge is -2.43. The van der Waals surface area contributed by atoms with E-state index in [1.54, 1.807) is 12.3 Å². The summed E-state index contributed by atoms with van der Waals surface area (Å²) < 4.78 is 16.6. The average molecular weight is 588 g/mol. The number of likely N-dealkylation sites (N-methyl/N-ethyl adjacent to an activating group) is 1. The quantitative estimate of drug-likeness (QED) is 0.345. The third kappa shape index (κ3) is 5.41. The zero-order valence-electron chi connectivity index (χ0n) is 22.9. The molecule has 2 fully saturated rings. The van der Waals surface area contributed by atoms with E-state index in [0.29, 0.717) is 75.8 Å². The first kappa shape index (κ1) is 28.4. The van der Waals surface area contributed by atoms with Gasteiger partial charge < -0.3 is 29.3 Å². The molecule has 4 heterocycles. The van der Waals surface area contributed by atoms with Gasteiger partial charge in [-0.05, 0) is 26.2 Å². The Labute approximate surface area is 243 Å². The lowest BCUT2D eigenvalue weighted by Crippen LogP contribution is -2.57. The van der Waals surface area contributed by atoms with E-state index in [1.807, 2.05) is 6.07 Å². The molecule has 5 rings (SSSR count). The van der Waals surface area contributed by atoms with Crippen LogP contribution in [0.3, 0.4) is 0 Å². The SMILES string of the molecule is C=CC(=O)C[C@H]1COC[C@H]1Nc1ncc2cc(-c3c(Cl)c(OC)cc(OC)c3Cl)nc(N3CC(N(C)C)C3)c2n1. The number of carbonyl (C=O) groups is 1. The Morgan fingerprint density at radius 1 is 1.18 bits per heavy atom. The second kappa shape index (κ2) is 11.7. The number of aromatic nitrogens is 3. The molecule has 0 bridgehead atoms. The Hall–Kier alpha value is -3.18. The number of anilines is 2. The predicted octanol–water partition coefficient (Wildman–Crippen LogP) is 4.34. The lowest BCUT2D eigenvalue weighted by molar-refractivity contribution is -0.115. The first-order valence-electron chi connectivity index (χ1n) is 12.9. The molecule has 2 aromatic heterocycles. The monoisotopic (exact) mass is 586 g/mol. The van der Waals surface area contributed by atoms with Gasteiger partial charge in [-0.15, -0.1) is 0 Å². The van der Waals surface area contributed by atoms with Crippen molar-refractivity contribution in [1.29, 1.82) is 0 Å². The zero-order valence-corrected chi connectivity index (χ0v) is 24.4. The minimum Gasteiger partial charge on any atom is -0.495 e. The number of pyridine rings is 1. The first-order chi connectivity index (χ1) is 19.2. The normalized spacial score (nSPS) is 19.1. The number of halogens is 2. The molecule has 212 valence electrons. The molecule has 0 amide bonds. The molecule has 2 aliphatic heterocycles. The van der Waals surface area contributed by atoms with E-state index >= 15 is 0 Å². The third-order valence-corrected chi connectivity index (χ3v) is 8.22. The Kier molecular flexibility index (Phi) is 8.32. The number of ketones is 1. The Morgan fingerprint density at radius 3 is 2.50 bits per heavy atom. The van der Waals surface area contributed by atoms with Gasteiger partial charge in [0, 0.05) is 54.7 Å². The highest BCUT2D eigenvalue weighted by Crippen LogP contribution is 2.46. The van der Waals surface area contributed by atoms with E-state index < -0.39 is 0 Å². The summed E-state index contributed by atoms with van der Waals surface area (Å²) in [4.78, 5) is 30.8. The van der Waals surface area contributed by atoms with E-state index in [-0.39, 0.29) is 17.7 Å². The molecule has 0 spiro atoms. The van der Waals surface area contributed by atoms with E-state index in [2.05, 4.69) is 40.8 Å². The Morgan fingerprint density at radius 2 is 1.88 bits per heavy atom. The van der Waals surface area contributed by atoms with Crippen LogP contribution in [0.25, 0.3) is 22.2 Å². The van der Waals surface area contributed by atoms with Crippen LogP contribution in [0.2, 0.25) is 10.0 Å². The molecular weight excluding hydrogens is 555 g/mol. The number of nitrogens with one attached hydrogen (secondary N) is 1. The number of nitrogens with zero attached hydrogens (tertiary/aromatic N) is 5. The number of allylic oxidation sites excluding steroid dienone is 1. The van der Waals surface area contributed by atoms with Gasteiger partial charge in [0.1, 0.15) is 17.0 Å². The smallest absolute Gasteiger partial charge is 0.223 e. The number of benzene rings is 1. The molecule has 40 heavy (non-hydrogen) atoms. The van der Waals surface area contributed by atoms with Crippen LogP contribution >= 0.6 is 23.2 Å². The van der Waals surface area contributed by atoms with Gasteiger partial charge in [0.05, 0.1) is 49.2 Å². The molecule has 0 aliphatic carbocycles. The Bertz CT molecular complexity index is 1420. The molecule has 3 aromatic rings.